The lowest BCUT2D eigenvalue weighted by Gasteiger charge is -1.90. The van der Waals surface area contributed by atoms with Crippen LogP contribution in [-0.2, 0) is 0 Å². The first-order valence-corrected chi connectivity index (χ1v) is 3.97. The third-order valence-corrected chi connectivity index (χ3v) is 1.84. The molecule has 0 bridgehead atoms. The van der Waals surface area contributed by atoms with E-state index in [9.17, 15) is 0 Å². The molecule has 2 aromatic heterocycles. The summed E-state index contributed by atoms with van der Waals surface area (Å²) in [5.41, 5.74) is 1.79. The fourth-order valence-corrected chi connectivity index (χ4v) is 1.31. The lowest BCUT2D eigenvalue weighted by atomic mass is 10.3. The second kappa shape index (κ2) is 2.75. The van der Waals surface area contributed by atoms with E-state index in [1.54, 1.807) is 6.20 Å². The van der Waals surface area contributed by atoms with Crippen LogP contribution < -0.4 is 0 Å². The Morgan fingerprint density at radius 2 is 2.18 bits per heavy atom. The van der Waals surface area contributed by atoms with Gasteiger partial charge in [0.1, 0.15) is 12.0 Å². The molecule has 0 fully saturated rings. The lowest BCUT2D eigenvalue weighted by molar-refractivity contribution is 1.16. The summed E-state index contributed by atoms with van der Waals surface area (Å²) >= 11 is 1.42. The number of rotatable bonds is 1. The Morgan fingerprint density at radius 3 is 2.82 bits per heavy atom. The number of hydrogen-bond donors (Lipinski definition) is 0. The van der Waals surface area contributed by atoms with Gasteiger partial charge in [-0.2, -0.15) is 4.37 Å². The van der Waals surface area contributed by atoms with Gasteiger partial charge in [0, 0.05) is 11.6 Å². The highest BCUT2D eigenvalue weighted by atomic mass is 32.1. The second-order valence-electron chi connectivity index (χ2n) is 1.98. The molecule has 0 aliphatic heterocycles. The maximum absolute atomic E-state index is 4.14. The summed E-state index contributed by atoms with van der Waals surface area (Å²) in [6, 6.07) is 3.78. The van der Waals surface area contributed by atoms with E-state index in [1.165, 1.54) is 17.9 Å². The van der Waals surface area contributed by atoms with E-state index in [4.69, 9.17) is 0 Å². The highest BCUT2D eigenvalue weighted by molar-refractivity contribution is 7.03. The van der Waals surface area contributed by atoms with Gasteiger partial charge in [-0.1, -0.05) is 0 Å². The van der Waals surface area contributed by atoms with Crippen molar-refractivity contribution >= 4 is 11.5 Å². The molecule has 0 amide bonds. The third kappa shape index (κ3) is 1.25. The van der Waals surface area contributed by atoms with Gasteiger partial charge in [0.25, 0.3) is 0 Å². The van der Waals surface area contributed by atoms with E-state index in [-0.39, 0.29) is 0 Å². The monoisotopic (exact) mass is 163 g/mol. The van der Waals surface area contributed by atoms with Crippen LogP contribution in [0.25, 0.3) is 11.4 Å². The molecule has 54 valence electrons. The van der Waals surface area contributed by atoms with Gasteiger partial charge in [-0.3, -0.25) is 0 Å². The minimum atomic E-state index is 0.876. The Bertz CT molecular complexity index is 317. The average Bonchev–Trinajstić information content (AvgIpc) is 2.58. The highest BCUT2D eigenvalue weighted by Crippen LogP contribution is 2.13. The van der Waals surface area contributed by atoms with E-state index in [1.807, 2.05) is 17.5 Å². The first-order valence-electron chi connectivity index (χ1n) is 3.13. The molecule has 0 radical (unpaired) electrons. The number of hydrogen-bond acceptors (Lipinski definition) is 4. The van der Waals surface area contributed by atoms with Gasteiger partial charge < -0.3 is 0 Å². The van der Waals surface area contributed by atoms with Gasteiger partial charge in [0.2, 0.25) is 0 Å². The van der Waals surface area contributed by atoms with Crippen LogP contribution in [-0.4, -0.2) is 14.3 Å². The summed E-state index contributed by atoms with van der Waals surface area (Å²) in [5.74, 6) is 0. The second-order valence-corrected chi connectivity index (χ2v) is 2.64. The quantitative estimate of drug-likeness (QED) is 0.641. The smallest absolute Gasteiger partial charge is 0.116 e. The van der Waals surface area contributed by atoms with Crippen LogP contribution in [0.3, 0.4) is 0 Å². The minimum Gasteiger partial charge on any atom is -0.245 e. The van der Waals surface area contributed by atoms with Crippen LogP contribution in [0.2, 0.25) is 0 Å². The molecule has 0 aromatic carbocycles. The first-order chi connectivity index (χ1) is 5.47. The number of nitrogens with zero attached hydrogens (tertiary/aromatic N) is 3. The zero-order chi connectivity index (χ0) is 7.52. The van der Waals surface area contributed by atoms with Crippen molar-refractivity contribution in [1.29, 1.82) is 0 Å². The molecule has 4 heteroatoms. The molecule has 2 heterocycles. The van der Waals surface area contributed by atoms with Crippen LogP contribution in [0.5, 0.6) is 0 Å². The Balaban J connectivity index is 2.46. The van der Waals surface area contributed by atoms with Gasteiger partial charge in [-0.25, -0.2) is 9.97 Å². The van der Waals surface area contributed by atoms with Crippen LogP contribution in [0, 0.1) is 0 Å². The molecule has 0 unspecified atom stereocenters. The molecule has 0 saturated heterocycles. The summed E-state index contributed by atoms with van der Waals surface area (Å²) in [7, 11) is 0. The van der Waals surface area contributed by atoms with Gasteiger partial charge >= 0.3 is 0 Å². The van der Waals surface area contributed by atoms with Crippen LogP contribution in [0.4, 0.5) is 0 Å². The van der Waals surface area contributed by atoms with Gasteiger partial charge in [0.05, 0.1) is 5.69 Å². The molecule has 2 aromatic rings. The maximum atomic E-state index is 4.14. The first kappa shape index (κ1) is 6.42. The highest BCUT2D eigenvalue weighted by Gasteiger charge is 1.97. The van der Waals surface area contributed by atoms with Crippen molar-refractivity contribution in [3.63, 3.8) is 0 Å². The fourth-order valence-electron chi connectivity index (χ4n) is 0.787. The zero-order valence-electron chi connectivity index (χ0n) is 5.64. The van der Waals surface area contributed by atoms with E-state index >= 15 is 0 Å². The van der Waals surface area contributed by atoms with Crippen molar-refractivity contribution < 1.29 is 0 Å². The molecule has 0 spiro atoms. The Morgan fingerprint density at radius 1 is 1.18 bits per heavy atom. The summed E-state index contributed by atoms with van der Waals surface area (Å²) in [5, 5.41) is 1.93. The van der Waals surface area contributed by atoms with E-state index in [2.05, 4.69) is 14.3 Å². The van der Waals surface area contributed by atoms with Crippen molar-refractivity contribution in [3.8, 4) is 11.4 Å². The minimum absolute atomic E-state index is 0.876. The average molecular weight is 163 g/mol. The summed E-state index contributed by atoms with van der Waals surface area (Å²) in [6.45, 7) is 0. The summed E-state index contributed by atoms with van der Waals surface area (Å²) in [6.07, 6.45) is 3.23. The summed E-state index contributed by atoms with van der Waals surface area (Å²) in [4.78, 5) is 7.87. The third-order valence-electron chi connectivity index (χ3n) is 1.28. The maximum Gasteiger partial charge on any atom is 0.116 e. The molecule has 0 aliphatic rings. The van der Waals surface area contributed by atoms with Crippen molar-refractivity contribution in [2.45, 2.75) is 0 Å². The molecule has 0 atom stereocenters. The topological polar surface area (TPSA) is 38.7 Å². The van der Waals surface area contributed by atoms with Gasteiger partial charge in [-0.15, -0.1) is 0 Å². The Labute approximate surface area is 67.9 Å². The van der Waals surface area contributed by atoms with Crippen LogP contribution in [0.1, 0.15) is 0 Å². The lowest BCUT2D eigenvalue weighted by Crippen LogP contribution is -1.81. The van der Waals surface area contributed by atoms with E-state index in [0.717, 1.165) is 11.4 Å². The molecule has 0 N–H and O–H groups in total. The number of aromatic nitrogens is 3. The molecular weight excluding hydrogens is 158 g/mol. The standard InChI is InChI=1S/C7H5N3S/c1-3-8-5-9-6(1)7-2-4-11-10-7/h1-5H. The van der Waals surface area contributed by atoms with E-state index in [0.29, 0.717) is 0 Å². The zero-order valence-corrected chi connectivity index (χ0v) is 6.45. The predicted octanol–water partition coefficient (Wildman–Crippen LogP) is 1.60. The van der Waals surface area contributed by atoms with Gasteiger partial charge in [-0.05, 0) is 23.7 Å². The molecular formula is C7H5N3S. The Kier molecular flexibility index (Phi) is 1.61. The SMILES string of the molecule is c1cc(-c2ccsn2)ncn1. The summed E-state index contributed by atoms with van der Waals surface area (Å²) < 4.78 is 4.14. The van der Waals surface area contributed by atoms with E-state index < -0.39 is 0 Å². The molecule has 3 nitrogen and oxygen atoms in total. The molecule has 0 saturated carbocycles. The van der Waals surface area contributed by atoms with Crippen LogP contribution in [0.15, 0.2) is 30.0 Å². The molecule has 0 aliphatic carbocycles. The normalized spacial score (nSPS) is 9.82. The van der Waals surface area contributed by atoms with Crippen molar-refractivity contribution in [1.82, 2.24) is 14.3 Å². The molecule has 2 rings (SSSR count). The largest absolute Gasteiger partial charge is 0.245 e. The predicted molar refractivity (Wildman–Crippen MR) is 43.1 cm³/mol. The van der Waals surface area contributed by atoms with Crippen molar-refractivity contribution in [2.24, 2.45) is 0 Å². The molecule has 11 heavy (non-hydrogen) atoms. The Hall–Kier alpha value is -1.29. The van der Waals surface area contributed by atoms with Crippen LogP contribution >= 0.6 is 11.5 Å². The van der Waals surface area contributed by atoms with Crippen molar-refractivity contribution in [2.75, 3.05) is 0 Å². The van der Waals surface area contributed by atoms with Crippen molar-refractivity contribution in [3.05, 3.63) is 30.0 Å². The fraction of sp³-hybridized carbons (Fsp3) is 0. The van der Waals surface area contributed by atoms with Gasteiger partial charge in [0.15, 0.2) is 0 Å².